The third kappa shape index (κ3) is 6.19. The Bertz CT molecular complexity index is 489. The summed E-state index contributed by atoms with van der Waals surface area (Å²) >= 11 is 0. The summed E-state index contributed by atoms with van der Waals surface area (Å²) < 4.78 is 0. The van der Waals surface area contributed by atoms with Gasteiger partial charge < -0.3 is 21.3 Å². The van der Waals surface area contributed by atoms with Gasteiger partial charge in [0.05, 0.1) is 11.4 Å². The lowest BCUT2D eigenvalue weighted by atomic mass is 10.1. The second-order valence-corrected chi connectivity index (χ2v) is 6.60. The number of nitrogens with zero attached hydrogens (tertiary/aromatic N) is 2. The highest BCUT2D eigenvalue weighted by molar-refractivity contribution is 5.73. The lowest BCUT2D eigenvalue weighted by Crippen LogP contribution is -2.34. The first-order valence-electron chi connectivity index (χ1n) is 9.00. The molecule has 6 nitrogen and oxygen atoms in total. The van der Waals surface area contributed by atoms with E-state index in [2.05, 4.69) is 47.6 Å². The van der Waals surface area contributed by atoms with Crippen molar-refractivity contribution < 1.29 is 4.79 Å². The average Bonchev–Trinajstić information content (AvgIpc) is 2.58. The Balaban J connectivity index is 1.99. The number of pyridine rings is 1. The van der Waals surface area contributed by atoms with E-state index in [0.717, 1.165) is 57.0 Å². The van der Waals surface area contributed by atoms with Gasteiger partial charge in [-0.3, -0.25) is 9.78 Å². The van der Waals surface area contributed by atoms with Gasteiger partial charge in [-0.2, -0.15) is 0 Å². The largest absolute Gasteiger partial charge is 0.370 e. The van der Waals surface area contributed by atoms with Gasteiger partial charge in [-0.25, -0.2) is 0 Å². The van der Waals surface area contributed by atoms with Crippen molar-refractivity contribution in [2.45, 2.75) is 45.2 Å². The fourth-order valence-corrected chi connectivity index (χ4v) is 3.01. The molecule has 0 aromatic carbocycles. The molecule has 4 N–H and O–H groups in total. The Labute approximate surface area is 145 Å². The maximum absolute atomic E-state index is 11.0. The highest BCUT2D eigenvalue weighted by atomic mass is 16.1. The predicted octanol–water partition coefficient (Wildman–Crippen LogP) is 1.35. The molecule has 0 spiro atoms. The highest BCUT2D eigenvalue weighted by Crippen LogP contribution is 2.15. The van der Waals surface area contributed by atoms with Gasteiger partial charge in [0, 0.05) is 25.0 Å². The van der Waals surface area contributed by atoms with E-state index in [1.165, 1.54) is 0 Å². The van der Waals surface area contributed by atoms with Crippen molar-refractivity contribution in [2.75, 3.05) is 32.7 Å². The van der Waals surface area contributed by atoms with Crippen LogP contribution in [0.15, 0.2) is 18.2 Å². The third-order valence-corrected chi connectivity index (χ3v) is 4.56. The van der Waals surface area contributed by atoms with E-state index in [1.54, 1.807) is 0 Å². The summed E-state index contributed by atoms with van der Waals surface area (Å²) in [5, 5.41) is 7.09. The van der Waals surface area contributed by atoms with Gasteiger partial charge in [0.2, 0.25) is 5.91 Å². The number of nitrogens with one attached hydrogen (secondary N) is 2. The van der Waals surface area contributed by atoms with Gasteiger partial charge in [0.15, 0.2) is 0 Å². The zero-order valence-corrected chi connectivity index (χ0v) is 14.9. The predicted molar refractivity (Wildman–Crippen MR) is 96.6 cm³/mol. The first-order valence-corrected chi connectivity index (χ1v) is 9.00. The smallest absolute Gasteiger partial charge is 0.218 e. The molecule has 1 aliphatic heterocycles. The normalized spacial score (nSPS) is 24.2. The summed E-state index contributed by atoms with van der Waals surface area (Å²) in [5.41, 5.74) is 7.47. The maximum atomic E-state index is 11.0. The van der Waals surface area contributed by atoms with Crippen LogP contribution in [-0.4, -0.2) is 48.5 Å². The second-order valence-electron chi connectivity index (χ2n) is 6.60. The van der Waals surface area contributed by atoms with E-state index in [1.807, 2.05) is 0 Å². The number of primary amides is 1. The Kier molecular flexibility index (Phi) is 7.62. The van der Waals surface area contributed by atoms with E-state index in [4.69, 9.17) is 10.7 Å². The number of carbonyl (C=O) groups excluding carboxylic acids is 1. The van der Waals surface area contributed by atoms with E-state index >= 15 is 0 Å². The number of fused-ring (bicyclic) bond motifs is 2. The fraction of sp³-hybridized carbons (Fsp3) is 0.667. The number of carbonyl (C=O) groups is 1. The first kappa shape index (κ1) is 18.8. The van der Waals surface area contributed by atoms with Crippen LogP contribution in [0.5, 0.6) is 0 Å². The van der Waals surface area contributed by atoms with Crippen LogP contribution in [0, 0.1) is 0 Å². The van der Waals surface area contributed by atoms with Gasteiger partial charge in [0.25, 0.3) is 0 Å². The molecular formula is C18H31N5O. The van der Waals surface area contributed by atoms with E-state index in [0.29, 0.717) is 6.42 Å². The van der Waals surface area contributed by atoms with Crippen molar-refractivity contribution in [2.24, 2.45) is 5.73 Å². The van der Waals surface area contributed by atoms with Crippen molar-refractivity contribution in [3.63, 3.8) is 0 Å². The van der Waals surface area contributed by atoms with Gasteiger partial charge >= 0.3 is 0 Å². The van der Waals surface area contributed by atoms with Crippen LogP contribution >= 0.6 is 0 Å². The number of nitrogens with two attached hydrogens (primary N) is 1. The lowest BCUT2D eigenvalue weighted by molar-refractivity contribution is -0.118. The lowest BCUT2D eigenvalue weighted by Gasteiger charge is -2.24. The van der Waals surface area contributed by atoms with Crippen LogP contribution < -0.4 is 16.4 Å². The van der Waals surface area contributed by atoms with Crippen molar-refractivity contribution in [1.82, 2.24) is 20.5 Å². The van der Waals surface area contributed by atoms with E-state index in [9.17, 15) is 4.79 Å². The summed E-state index contributed by atoms with van der Waals surface area (Å²) in [6, 6.07) is 6.72. The van der Waals surface area contributed by atoms with Crippen molar-refractivity contribution in [1.29, 1.82) is 0 Å². The van der Waals surface area contributed by atoms with Crippen LogP contribution in [0.3, 0.4) is 0 Å². The number of aromatic nitrogens is 1. The van der Waals surface area contributed by atoms with E-state index in [-0.39, 0.29) is 18.0 Å². The third-order valence-electron chi connectivity index (χ3n) is 4.56. The molecule has 2 rings (SSSR count). The van der Waals surface area contributed by atoms with Crippen LogP contribution in [0.2, 0.25) is 0 Å². The number of rotatable bonds is 3. The molecule has 24 heavy (non-hydrogen) atoms. The molecule has 0 aliphatic carbocycles. The zero-order chi connectivity index (χ0) is 17.4. The molecule has 0 saturated carbocycles. The molecule has 1 amide bonds. The van der Waals surface area contributed by atoms with Gasteiger partial charge in [-0.15, -0.1) is 0 Å². The van der Waals surface area contributed by atoms with Crippen molar-refractivity contribution >= 4 is 5.91 Å². The first-order chi connectivity index (χ1) is 11.6. The standard InChI is InChI=1S/C18H31N5O/c1-14-16-6-3-7-17(22-16)15(2)21-10-5-12-23(11-4-9-20-14)13-8-18(19)24/h3,6-7,14-15,20-21H,4-5,8-13H2,1-2H3,(H2,19,24)/t14-,15+. The molecule has 6 heteroatoms. The number of amides is 1. The van der Waals surface area contributed by atoms with Crippen LogP contribution in [-0.2, 0) is 4.79 Å². The van der Waals surface area contributed by atoms with Gasteiger partial charge in [-0.05, 0) is 65.0 Å². The molecule has 2 heterocycles. The van der Waals surface area contributed by atoms with Crippen LogP contribution in [0.25, 0.3) is 0 Å². The zero-order valence-electron chi connectivity index (χ0n) is 14.9. The summed E-state index contributed by atoms with van der Waals surface area (Å²) in [5.74, 6) is -0.225. The second kappa shape index (κ2) is 9.71. The molecule has 0 radical (unpaired) electrons. The molecule has 1 aliphatic rings. The Morgan fingerprint density at radius 3 is 2.21 bits per heavy atom. The topological polar surface area (TPSA) is 83.3 Å². The van der Waals surface area contributed by atoms with Crippen molar-refractivity contribution in [3.05, 3.63) is 29.6 Å². The summed E-state index contributed by atoms with van der Waals surface area (Å²) in [7, 11) is 0. The quantitative estimate of drug-likeness (QED) is 0.778. The Hall–Kier alpha value is -1.50. The molecular weight excluding hydrogens is 302 g/mol. The SMILES string of the molecule is C[C@@H]1NCCCN(CCC(N)=O)CCCN[C@H](C)c2cccc1n2. The average molecular weight is 333 g/mol. The highest BCUT2D eigenvalue weighted by Gasteiger charge is 2.13. The minimum absolute atomic E-state index is 0.225. The number of hydrogen-bond acceptors (Lipinski definition) is 5. The molecule has 0 saturated heterocycles. The minimum Gasteiger partial charge on any atom is -0.370 e. The fourth-order valence-electron chi connectivity index (χ4n) is 3.01. The minimum atomic E-state index is -0.225. The molecule has 2 atom stereocenters. The number of hydrogen-bond donors (Lipinski definition) is 3. The maximum Gasteiger partial charge on any atom is 0.218 e. The molecule has 0 fully saturated rings. The molecule has 134 valence electrons. The summed E-state index contributed by atoms with van der Waals surface area (Å²) in [6.07, 6.45) is 2.53. The van der Waals surface area contributed by atoms with Crippen molar-refractivity contribution in [3.8, 4) is 0 Å². The Morgan fingerprint density at radius 2 is 1.71 bits per heavy atom. The van der Waals surface area contributed by atoms with E-state index < -0.39 is 0 Å². The molecule has 1 aromatic rings. The molecule has 2 bridgehead atoms. The van der Waals surface area contributed by atoms with Crippen LogP contribution in [0.4, 0.5) is 0 Å². The Morgan fingerprint density at radius 1 is 1.17 bits per heavy atom. The summed E-state index contributed by atoms with van der Waals surface area (Å²) in [4.78, 5) is 18.2. The summed E-state index contributed by atoms with van der Waals surface area (Å²) in [6.45, 7) is 8.90. The molecule has 1 aromatic heterocycles. The van der Waals surface area contributed by atoms with Crippen LogP contribution in [0.1, 0.15) is 56.6 Å². The van der Waals surface area contributed by atoms with Gasteiger partial charge in [-0.1, -0.05) is 6.07 Å². The van der Waals surface area contributed by atoms with Gasteiger partial charge in [0.1, 0.15) is 0 Å². The monoisotopic (exact) mass is 333 g/mol. The molecule has 0 unspecified atom stereocenters.